The van der Waals surface area contributed by atoms with Gasteiger partial charge in [0.05, 0.1) is 5.52 Å². The van der Waals surface area contributed by atoms with Gasteiger partial charge in [-0.1, -0.05) is 11.6 Å². The first-order valence-electron chi connectivity index (χ1n) is 6.48. The third-order valence-corrected chi connectivity index (χ3v) is 3.01. The van der Waals surface area contributed by atoms with E-state index < -0.39 is 5.91 Å². The number of aromatic hydroxyl groups is 1. The highest BCUT2D eigenvalue weighted by atomic mass is 16.3. The molecular weight excluding hydrogens is 300 g/mol. The Morgan fingerprint density at radius 1 is 1.22 bits per heavy atom. The van der Waals surface area contributed by atoms with Crippen LogP contribution in [0.3, 0.4) is 0 Å². The van der Waals surface area contributed by atoms with Crippen molar-refractivity contribution in [2.45, 2.75) is 6.92 Å². The predicted octanol–water partition coefficient (Wildman–Crippen LogP) is 1.46. The van der Waals surface area contributed by atoms with Crippen LogP contribution in [-0.4, -0.2) is 30.9 Å². The molecule has 2 aromatic heterocycles. The van der Waals surface area contributed by atoms with Crippen molar-refractivity contribution < 1.29 is 9.90 Å². The second-order valence-electron chi connectivity index (χ2n) is 4.75. The molecule has 0 atom stereocenters. The molecule has 0 aliphatic heterocycles. The molecule has 23 heavy (non-hydrogen) atoms. The number of fused-ring (bicyclic) bond motifs is 1. The number of H-pyrrole nitrogens is 1. The minimum Gasteiger partial charge on any atom is -0.493 e. The normalized spacial score (nSPS) is 11.3. The topological polar surface area (TPSA) is 169 Å². The Hall–Kier alpha value is -3.56. The number of nitrogens with two attached hydrogens (primary N) is 2. The number of carbonyl (C=O) groups is 1. The lowest BCUT2D eigenvalue weighted by molar-refractivity contribution is 0.0985. The molecule has 0 spiro atoms. The van der Waals surface area contributed by atoms with Gasteiger partial charge < -0.3 is 21.6 Å². The van der Waals surface area contributed by atoms with E-state index in [4.69, 9.17) is 11.5 Å². The van der Waals surface area contributed by atoms with Gasteiger partial charge in [0, 0.05) is 5.39 Å². The number of hydrogen-bond acceptors (Lipinski definition) is 8. The number of benzene rings is 1. The van der Waals surface area contributed by atoms with Crippen LogP contribution < -0.4 is 11.5 Å². The standard InChI is InChI=1S/C13H12N8O2/c1-5-2-3-7-6(4-5)8(10(22)16-7)20-21-11(23)9-17-12(14)19-13(15)18-9/h2-4,16,22H,1H3,(H4,14,15,17,18,19). The average Bonchev–Trinajstić information content (AvgIpc) is 2.78. The van der Waals surface area contributed by atoms with E-state index in [9.17, 15) is 9.90 Å². The monoisotopic (exact) mass is 312 g/mol. The molecule has 1 aromatic carbocycles. The van der Waals surface area contributed by atoms with Crippen LogP contribution in [0.5, 0.6) is 5.88 Å². The minimum atomic E-state index is -0.854. The zero-order chi connectivity index (χ0) is 16.6. The molecule has 0 bridgehead atoms. The number of anilines is 2. The van der Waals surface area contributed by atoms with E-state index >= 15 is 0 Å². The summed E-state index contributed by atoms with van der Waals surface area (Å²) in [4.78, 5) is 25.5. The summed E-state index contributed by atoms with van der Waals surface area (Å²) in [7, 11) is 0. The van der Waals surface area contributed by atoms with Gasteiger partial charge in [-0.3, -0.25) is 4.79 Å². The SMILES string of the molecule is Cc1ccc2[nH]c(O)c(N=NC(=O)c3nc(N)nc(N)n3)c2c1. The van der Waals surface area contributed by atoms with Crippen LogP contribution >= 0.6 is 0 Å². The molecule has 0 saturated carbocycles. The molecule has 116 valence electrons. The third-order valence-electron chi connectivity index (χ3n) is 3.01. The van der Waals surface area contributed by atoms with Crippen molar-refractivity contribution in [3.63, 3.8) is 0 Å². The third kappa shape index (κ3) is 2.77. The van der Waals surface area contributed by atoms with Gasteiger partial charge in [-0.2, -0.15) is 15.0 Å². The Morgan fingerprint density at radius 3 is 2.61 bits per heavy atom. The van der Waals surface area contributed by atoms with Crippen LogP contribution in [0.25, 0.3) is 10.9 Å². The van der Waals surface area contributed by atoms with Crippen molar-refractivity contribution in [1.82, 2.24) is 19.9 Å². The lowest BCUT2D eigenvalue weighted by Gasteiger charge is -1.97. The summed E-state index contributed by atoms with van der Waals surface area (Å²) >= 11 is 0. The van der Waals surface area contributed by atoms with E-state index in [-0.39, 0.29) is 29.3 Å². The van der Waals surface area contributed by atoms with Gasteiger partial charge in [0.25, 0.3) is 0 Å². The van der Waals surface area contributed by atoms with E-state index in [2.05, 4.69) is 30.2 Å². The smallest absolute Gasteiger partial charge is 0.333 e. The van der Waals surface area contributed by atoms with Gasteiger partial charge in [-0.05, 0) is 19.1 Å². The Labute approximate surface area is 129 Å². The first-order valence-corrected chi connectivity index (χ1v) is 6.48. The Kier molecular flexibility index (Phi) is 3.33. The molecule has 0 saturated heterocycles. The van der Waals surface area contributed by atoms with Gasteiger partial charge in [0.15, 0.2) is 5.69 Å². The fourth-order valence-electron chi connectivity index (χ4n) is 2.02. The summed E-state index contributed by atoms with van der Waals surface area (Å²) < 4.78 is 0. The van der Waals surface area contributed by atoms with Crippen LogP contribution in [0.1, 0.15) is 16.2 Å². The van der Waals surface area contributed by atoms with Crippen molar-refractivity contribution in [3.05, 3.63) is 29.6 Å². The van der Waals surface area contributed by atoms with Gasteiger partial charge in [0.1, 0.15) is 0 Å². The molecule has 0 unspecified atom stereocenters. The number of carbonyl (C=O) groups excluding carboxylic acids is 1. The summed E-state index contributed by atoms with van der Waals surface area (Å²) in [5.74, 6) is -1.76. The van der Waals surface area contributed by atoms with Gasteiger partial charge >= 0.3 is 5.91 Å². The van der Waals surface area contributed by atoms with Crippen molar-refractivity contribution >= 4 is 34.4 Å². The maximum Gasteiger partial charge on any atom is 0.333 e. The lowest BCUT2D eigenvalue weighted by Crippen LogP contribution is -2.10. The van der Waals surface area contributed by atoms with Crippen molar-refractivity contribution in [2.75, 3.05) is 11.5 Å². The number of azo groups is 1. The summed E-state index contributed by atoms with van der Waals surface area (Å²) in [6.45, 7) is 1.89. The number of aromatic nitrogens is 4. The van der Waals surface area contributed by atoms with Crippen LogP contribution in [0.2, 0.25) is 0 Å². The predicted molar refractivity (Wildman–Crippen MR) is 82.2 cm³/mol. The second-order valence-corrected chi connectivity index (χ2v) is 4.75. The molecule has 10 nitrogen and oxygen atoms in total. The number of aryl methyl sites for hydroxylation is 1. The molecule has 0 fully saturated rings. The van der Waals surface area contributed by atoms with Crippen LogP contribution in [0.15, 0.2) is 28.4 Å². The largest absolute Gasteiger partial charge is 0.493 e. The Balaban J connectivity index is 1.98. The van der Waals surface area contributed by atoms with Gasteiger partial charge in [-0.15, -0.1) is 10.2 Å². The Morgan fingerprint density at radius 2 is 1.91 bits per heavy atom. The quantitative estimate of drug-likeness (QED) is 0.519. The fourth-order valence-corrected chi connectivity index (χ4v) is 2.02. The van der Waals surface area contributed by atoms with E-state index in [1.807, 2.05) is 19.1 Å². The van der Waals surface area contributed by atoms with E-state index in [1.165, 1.54) is 0 Å². The summed E-state index contributed by atoms with van der Waals surface area (Å²) in [6, 6.07) is 5.47. The highest BCUT2D eigenvalue weighted by Crippen LogP contribution is 2.35. The molecule has 10 heteroatoms. The zero-order valence-electron chi connectivity index (χ0n) is 12.0. The van der Waals surface area contributed by atoms with Crippen LogP contribution in [0.4, 0.5) is 17.6 Å². The van der Waals surface area contributed by atoms with E-state index in [0.717, 1.165) is 5.56 Å². The molecular formula is C13H12N8O2. The molecule has 2 heterocycles. The molecule has 3 aromatic rings. The Bertz CT molecular complexity index is 926. The minimum absolute atomic E-state index is 0.145. The highest BCUT2D eigenvalue weighted by molar-refractivity contribution is 5.96. The van der Waals surface area contributed by atoms with Gasteiger partial charge in [-0.25, -0.2) is 0 Å². The van der Waals surface area contributed by atoms with Gasteiger partial charge in [0.2, 0.25) is 23.6 Å². The zero-order valence-corrected chi connectivity index (χ0v) is 12.0. The summed E-state index contributed by atoms with van der Waals surface area (Å²) in [5, 5.41) is 17.8. The lowest BCUT2D eigenvalue weighted by atomic mass is 10.2. The number of rotatable bonds is 2. The highest BCUT2D eigenvalue weighted by Gasteiger charge is 2.14. The number of nitrogens with one attached hydrogen (secondary N) is 1. The van der Waals surface area contributed by atoms with Crippen LogP contribution in [-0.2, 0) is 0 Å². The summed E-state index contributed by atoms with van der Waals surface area (Å²) in [5.41, 5.74) is 12.6. The second kappa shape index (κ2) is 5.33. The fraction of sp³-hybridized carbons (Fsp3) is 0.0769. The maximum atomic E-state index is 11.9. The number of nitrogens with zero attached hydrogens (tertiary/aromatic N) is 5. The molecule has 0 radical (unpaired) electrons. The molecule has 0 aliphatic rings. The van der Waals surface area contributed by atoms with Crippen molar-refractivity contribution in [2.24, 2.45) is 10.2 Å². The first kappa shape index (κ1) is 14.4. The summed E-state index contributed by atoms with van der Waals surface area (Å²) in [6.07, 6.45) is 0. The number of aromatic amines is 1. The number of amides is 1. The van der Waals surface area contributed by atoms with E-state index in [0.29, 0.717) is 10.9 Å². The molecule has 6 N–H and O–H groups in total. The van der Waals surface area contributed by atoms with E-state index in [1.54, 1.807) is 6.07 Å². The van der Waals surface area contributed by atoms with Crippen LogP contribution in [0, 0.1) is 6.92 Å². The molecule has 0 aliphatic carbocycles. The molecule has 3 rings (SSSR count). The van der Waals surface area contributed by atoms with Crippen molar-refractivity contribution in [3.8, 4) is 5.88 Å². The van der Waals surface area contributed by atoms with Crippen molar-refractivity contribution in [1.29, 1.82) is 0 Å². The molecule has 1 amide bonds. The number of nitrogen functional groups attached to an aromatic ring is 2. The number of hydrogen-bond donors (Lipinski definition) is 4. The average molecular weight is 312 g/mol. The maximum absolute atomic E-state index is 11.9. The first-order chi connectivity index (χ1) is 10.9.